The van der Waals surface area contributed by atoms with Crippen LogP contribution in [-0.2, 0) is 0 Å². The van der Waals surface area contributed by atoms with E-state index in [1.165, 1.54) is 69.8 Å². The van der Waals surface area contributed by atoms with Crippen LogP contribution in [0.4, 0.5) is 0 Å². The van der Waals surface area contributed by atoms with Crippen LogP contribution < -0.4 is 0 Å². The molecule has 0 aromatic rings. The minimum absolute atomic E-state index is 0. The van der Waals surface area contributed by atoms with Crippen molar-refractivity contribution in [2.24, 2.45) is 0 Å². The molecule has 0 aliphatic heterocycles. The molecule has 0 atom stereocenters. The van der Waals surface area contributed by atoms with Crippen molar-refractivity contribution in [2.75, 3.05) is 6.61 Å². The van der Waals surface area contributed by atoms with Gasteiger partial charge >= 0.3 is 29.6 Å². The van der Waals surface area contributed by atoms with Crippen molar-refractivity contribution < 1.29 is 5.11 Å². The molecular formula is C16H33NaO. The van der Waals surface area contributed by atoms with Crippen LogP contribution in [-0.4, -0.2) is 41.3 Å². The third-order valence-corrected chi connectivity index (χ3v) is 3.36. The molecule has 0 saturated carbocycles. The summed E-state index contributed by atoms with van der Waals surface area (Å²) in [6.45, 7) is 4.58. The van der Waals surface area contributed by atoms with E-state index in [0.29, 0.717) is 0 Å². The zero-order valence-electron chi connectivity index (χ0n) is 12.0. The van der Waals surface area contributed by atoms with Gasteiger partial charge in [-0.25, -0.2) is 0 Å². The summed E-state index contributed by atoms with van der Waals surface area (Å²) in [5.74, 6) is 0. The fraction of sp³-hybridized carbons (Fsp3) is 0.875. The molecule has 18 heavy (non-hydrogen) atoms. The molecule has 1 N–H and O–H groups in total. The molecule has 0 heterocycles. The maximum atomic E-state index is 8.72. The Morgan fingerprint density at radius 1 is 0.833 bits per heavy atom. The Labute approximate surface area is 137 Å². The van der Waals surface area contributed by atoms with E-state index in [0.717, 1.165) is 6.42 Å². The molecule has 0 bridgehead atoms. The van der Waals surface area contributed by atoms with E-state index in [1.54, 1.807) is 0 Å². The van der Waals surface area contributed by atoms with E-state index in [9.17, 15) is 0 Å². The number of allylic oxidation sites excluding steroid dienone is 1. The molecule has 0 spiro atoms. The van der Waals surface area contributed by atoms with Crippen LogP contribution in [0.3, 0.4) is 0 Å². The third-order valence-electron chi connectivity index (χ3n) is 3.36. The number of aliphatic hydroxyl groups is 1. The molecular weight excluding hydrogens is 231 g/mol. The van der Waals surface area contributed by atoms with Gasteiger partial charge in [0.25, 0.3) is 0 Å². The van der Waals surface area contributed by atoms with Gasteiger partial charge in [-0.05, 0) is 19.8 Å². The van der Waals surface area contributed by atoms with E-state index in [-0.39, 0.29) is 36.2 Å². The van der Waals surface area contributed by atoms with Crippen LogP contribution in [0.1, 0.15) is 84.5 Å². The van der Waals surface area contributed by atoms with E-state index in [2.05, 4.69) is 13.8 Å². The Kier molecular flexibility index (Phi) is 20.7. The van der Waals surface area contributed by atoms with Crippen molar-refractivity contribution in [2.45, 2.75) is 84.5 Å². The predicted octanol–water partition coefficient (Wildman–Crippen LogP) is 4.59. The van der Waals surface area contributed by atoms with Gasteiger partial charge in [-0.15, -0.1) is 0 Å². The number of rotatable bonds is 12. The monoisotopic (exact) mass is 264 g/mol. The fourth-order valence-corrected chi connectivity index (χ4v) is 2.15. The molecule has 0 rings (SSSR count). The van der Waals surface area contributed by atoms with E-state index in [4.69, 9.17) is 5.11 Å². The van der Waals surface area contributed by atoms with Crippen LogP contribution in [0.5, 0.6) is 0 Å². The molecule has 0 aromatic heterocycles. The molecule has 0 aliphatic rings. The summed E-state index contributed by atoms with van der Waals surface area (Å²) in [6, 6.07) is 0. The summed E-state index contributed by atoms with van der Waals surface area (Å²) in [4.78, 5) is 0. The molecule has 0 radical (unpaired) electrons. The summed E-state index contributed by atoms with van der Waals surface area (Å²) < 4.78 is 0. The molecule has 0 aromatic carbocycles. The van der Waals surface area contributed by atoms with Crippen molar-refractivity contribution >= 4 is 29.6 Å². The Hall–Kier alpha value is 0.700. The molecule has 0 aliphatic carbocycles. The molecule has 104 valence electrons. The van der Waals surface area contributed by atoms with Gasteiger partial charge in [0.05, 0.1) is 6.61 Å². The van der Waals surface area contributed by atoms with E-state index >= 15 is 0 Å². The van der Waals surface area contributed by atoms with Gasteiger partial charge in [0.1, 0.15) is 0 Å². The number of aliphatic hydroxyl groups excluding tert-OH is 1. The first-order valence-corrected chi connectivity index (χ1v) is 7.57. The topological polar surface area (TPSA) is 20.2 Å². The first-order valence-electron chi connectivity index (χ1n) is 7.57. The van der Waals surface area contributed by atoms with Crippen LogP contribution >= 0.6 is 0 Å². The summed E-state index contributed by atoms with van der Waals surface area (Å²) >= 11 is 0. The summed E-state index contributed by atoms with van der Waals surface area (Å²) in [7, 11) is 0. The van der Waals surface area contributed by atoms with Gasteiger partial charge in [0, 0.05) is 0 Å². The normalized spacial score (nSPS) is 11.4. The number of unbranched alkanes of at least 4 members (excludes halogenated alkanes) is 9. The summed E-state index contributed by atoms with van der Waals surface area (Å²) in [5, 5.41) is 8.72. The van der Waals surface area contributed by atoms with Crippen LogP contribution in [0, 0.1) is 0 Å². The summed E-state index contributed by atoms with van der Waals surface area (Å²) in [5.41, 5.74) is 1.34. The van der Waals surface area contributed by atoms with Crippen LogP contribution in [0.2, 0.25) is 0 Å². The average molecular weight is 264 g/mol. The van der Waals surface area contributed by atoms with Crippen molar-refractivity contribution in [3.8, 4) is 0 Å². The Morgan fingerprint density at radius 3 is 1.72 bits per heavy atom. The number of hydrogen-bond acceptors (Lipinski definition) is 1. The van der Waals surface area contributed by atoms with Gasteiger partial charge < -0.3 is 5.11 Å². The zero-order valence-corrected chi connectivity index (χ0v) is 12.0. The van der Waals surface area contributed by atoms with Crippen molar-refractivity contribution in [1.82, 2.24) is 0 Å². The Morgan fingerprint density at radius 2 is 1.28 bits per heavy atom. The molecule has 0 fully saturated rings. The van der Waals surface area contributed by atoms with Gasteiger partial charge in [-0.3, -0.25) is 0 Å². The molecule has 0 saturated heterocycles. The van der Waals surface area contributed by atoms with E-state index in [1.807, 2.05) is 6.08 Å². The van der Waals surface area contributed by atoms with Gasteiger partial charge in [-0.1, -0.05) is 76.4 Å². The summed E-state index contributed by atoms with van der Waals surface area (Å²) in [6.07, 6.45) is 17.0. The van der Waals surface area contributed by atoms with Crippen LogP contribution in [0.15, 0.2) is 11.6 Å². The van der Waals surface area contributed by atoms with Gasteiger partial charge in [0.15, 0.2) is 0 Å². The SMILES string of the molecule is CCCCCCCCCCCC/C(C)=C/CO.[NaH]. The number of hydrogen-bond donors (Lipinski definition) is 1. The third kappa shape index (κ3) is 16.7. The van der Waals surface area contributed by atoms with Gasteiger partial charge in [-0.2, -0.15) is 0 Å². The second-order valence-electron chi connectivity index (χ2n) is 5.17. The predicted molar refractivity (Wildman–Crippen MR) is 84.5 cm³/mol. The average Bonchev–Trinajstić information content (AvgIpc) is 2.32. The molecule has 2 heteroatoms. The van der Waals surface area contributed by atoms with Crippen LogP contribution in [0.25, 0.3) is 0 Å². The van der Waals surface area contributed by atoms with E-state index < -0.39 is 0 Å². The second kappa shape index (κ2) is 17.7. The molecule has 1 nitrogen and oxygen atoms in total. The standard InChI is InChI=1S/C16H32O.Na.H/c1-3-4-5-6-7-8-9-10-11-12-13-16(2)14-15-17;;/h14,17H,3-13,15H2,1-2H3;;/b16-14+;;. The zero-order chi connectivity index (χ0) is 12.8. The second-order valence-corrected chi connectivity index (χ2v) is 5.17. The Balaban J connectivity index is 0. The van der Waals surface area contributed by atoms with Crippen molar-refractivity contribution in [1.29, 1.82) is 0 Å². The maximum absolute atomic E-state index is 8.72. The first-order chi connectivity index (χ1) is 8.31. The molecule has 0 unspecified atom stereocenters. The first kappa shape index (κ1) is 21.0. The minimum atomic E-state index is 0. The molecule has 0 amide bonds. The van der Waals surface area contributed by atoms with Crippen molar-refractivity contribution in [3.63, 3.8) is 0 Å². The van der Waals surface area contributed by atoms with Gasteiger partial charge in [0.2, 0.25) is 0 Å². The quantitative estimate of drug-likeness (QED) is 0.310. The fourth-order valence-electron chi connectivity index (χ4n) is 2.15. The Bertz CT molecular complexity index is 178. The van der Waals surface area contributed by atoms with Crippen molar-refractivity contribution in [3.05, 3.63) is 11.6 Å².